The van der Waals surface area contributed by atoms with E-state index in [1.807, 2.05) is 0 Å². The van der Waals surface area contributed by atoms with Gasteiger partial charge in [0.15, 0.2) is 11.5 Å². The first kappa shape index (κ1) is 47.1. The van der Waals surface area contributed by atoms with E-state index in [-0.39, 0.29) is 90.0 Å². The molecule has 0 saturated carbocycles. The Labute approximate surface area is 394 Å². The number of amides is 2. The number of phenolic OH excluding ortho intramolecular Hbond substituents is 6. The van der Waals surface area contributed by atoms with E-state index in [1.165, 1.54) is 97.1 Å². The lowest BCUT2D eigenvalue weighted by Gasteiger charge is -2.13. The van der Waals surface area contributed by atoms with Crippen molar-refractivity contribution in [1.29, 1.82) is 0 Å². The van der Waals surface area contributed by atoms with E-state index in [0.717, 1.165) is 24.3 Å². The minimum atomic E-state index is -5.04. The zero-order valence-electron chi connectivity index (χ0n) is 35.2. The summed E-state index contributed by atoms with van der Waals surface area (Å²) in [5, 5.41) is 98.3. The molecule has 8 rings (SSSR count). The first-order chi connectivity index (χ1) is 33.3. The molecule has 23 nitrogen and oxygen atoms in total. The number of carbonyl (C=O) groups is 1. The number of nitrogens with one attached hydrogen (secondary N) is 2. The molecule has 0 heterocycles. The Morgan fingerprint density at radius 1 is 0.414 bits per heavy atom. The minimum absolute atomic E-state index is 0.0404. The molecule has 0 aliphatic rings. The summed E-state index contributed by atoms with van der Waals surface area (Å²) in [5.41, 5.74) is -0.193. The number of phenols is 6. The molecule has 70 heavy (non-hydrogen) atoms. The molecule has 8 aromatic carbocycles. The van der Waals surface area contributed by atoms with Gasteiger partial charge in [-0.05, 0) is 120 Å². The number of hydrogen-bond donors (Lipinski definition) is 10. The van der Waals surface area contributed by atoms with Crippen molar-refractivity contribution in [3.8, 4) is 34.5 Å². The molecule has 352 valence electrons. The fourth-order valence-corrected chi connectivity index (χ4v) is 7.92. The zero-order chi connectivity index (χ0) is 49.9. The molecule has 8 aromatic rings. The summed E-state index contributed by atoms with van der Waals surface area (Å²) in [7, 11) is -10.1. The molecule has 0 saturated heterocycles. The highest BCUT2D eigenvalue weighted by Gasteiger charge is 2.24. The van der Waals surface area contributed by atoms with Crippen LogP contribution in [0.1, 0.15) is 0 Å². The second-order valence-corrected chi connectivity index (χ2v) is 17.5. The van der Waals surface area contributed by atoms with Crippen LogP contribution in [0.25, 0.3) is 21.5 Å². The molecule has 0 radical (unpaired) electrons. The molecular weight excluding hydrogens is 953 g/mol. The molecule has 2 amide bonds. The summed E-state index contributed by atoms with van der Waals surface area (Å²) in [6.45, 7) is 0. The van der Waals surface area contributed by atoms with Crippen LogP contribution in [0.3, 0.4) is 0 Å². The van der Waals surface area contributed by atoms with Gasteiger partial charge in [-0.2, -0.15) is 37.3 Å². The third-order valence-electron chi connectivity index (χ3n) is 9.83. The lowest BCUT2D eigenvalue weighted by molar-refractivity contribution is 0.262. The van der Waals surface area contributed by atoms with Crippen LogP contribution in [-0.4, -0.2) is 62.6 Å². The van der Waals surface area contributed by atoms with Gasteiger partial charge in [0.05, 0.1) is 22.7 Å². The molecule has 0 aromatic heterocycles. The van der Waals surface area contributed by atoms with Crippen molar-refractivity contribution >= 4 is 105 Å². The average molecular weight is 985 g/mol. The standard InChI is InChI=1S/C45H32N10O13S2/c56-31-9-13-35(37(58)21-31)52-48-27-3-1-5-29(19-27)50-54-41-39(69(63,64)65)17-23-15-25(7-11-33(23)43(41)60)46-45(62)47-26-8-12-34-24(16-26)18-40(70(66,67)68)42(44(34)61)55-51-30-6-2-4-28(20-30)49-53-36-14-10-32(57)22-38(36)59/h1-22,56-61H,(H2,46,47,62)(H,63,64,65)(H,66,67,68). The highest BCUT2D eigenvalue weighted by molar-refractivity contribution is 7.86. The molecule has 0 bridgehead atoms. The Kier molecular flexibility index (Phi) is 12.8. The maximum atomic E-state index is 13.2. The van der Waals surface area contributed by atoms with Gasteiger partial charge in [-0.1, -0.05) is 12.1 Å². The second kappa shape index (κ2) is 19.1. The van der Waals surface area contributed by atoms with Crippen molar-refractivity contribution < 1.29 is 61.4 Å². The van der Waals surface area contributed by atoms with Crippen molar-refractivity contribution in [3.05, 3.63) is 133 Å². The van der Waals surface area contributed by atoms with Crippen LogP contribution in [0.4, 0.5) is 61.7 Å². The van der Waals surface area contributed by atoms with Gasteiger partial charge in [0.25, 0.3) is 20.2 Å². The summed E-state index contributed by atoms with van der Waals surface area (Å²) >= 11 is 0. The molecule has 10 N–H and O–H groups in total. The van der Waals surface area contributed by atoms with Gasteiger partial charge < -0.3 is 41.3 Å². The fourth-order valence-electron chi connectivity index (χ4n) is 6.61. The fraction of sp³-hybridized carbons (Fsp3) is 0. The van der Waals surface area contributed by atoms with E-state index in [1.54, 1.807) is 12.1 Å². The van der Waals surface area contributed by atoms with Gasteiger partial charge in [0, 0.05) is 34.3 Å². The highest BCUT2D eigenvalue weighted by atomic mass is 32.2. The number of benzene rings is 8. The van der Waals surface area contributed by atoms with Crippen molar-refractivity contribution in [2.45, 2.75) is 9.79 Å². The number of fused-ring (bicyclic) bond motifs is 2. The summed E-state index contributed by atoms with van der Waals surface area (Å²) in [4.78, 5) is 11.6. The van der Waals surface area contributed by atoms with Gasteiger partial charge >= 0.3 is 6.03 Å². The topological polar surface area (TPSA) is 370 Å². The number of nitrogens with zero attached hydrogens (tertiary/aromatic N) is 8. The predicted molar refractivity (Wildman–Crippen MR) is 253 cm³/mol. The SMILES string of the molecule is O=C(Nc1ccc2c(O)c(N=Nc3cccc(N=Nc4ccc(O)cc4O)c3)c(S(=O)(=O)O)cc2c1)Nc1ccc2c(O)c(N=Nc3cccc(N=Nc4ccc(O)cc4O)c3)c(S(=O)(=O)O)cc2c1. The minimum Gasteiger partial charge on any atom is -0.508 e. The van der Waals surface area contributed by atoms with E-state index in [0.29, 0.717) is 0 Å². The number of hydrogen-bond acceptors (Lipinski definition) is 19. The van der Waals surface area contributed by atoms with Crippen LogP contribution in [0.5, 0.6) is 34.5 Å². The first-order valence-corrected chi connectivity index (χ1v) is 22.7. The number of carbonyl (C=O) groups excluding carboxylic acids is 1. The number of anilines is 2. The van der Waals surface area contributed by atoms with Crippen molar-refractivity contribution in [2.24, 2.45) is 40.9 Å². The van der Waals surface area contributed by atoms with Crippen LogP contribution >= 0.6 is 0 Å². The molecule has 0 spiro atoms. The van der Waals surface area contributed by atoms with E-state index in [4.69, 9.17) is 0 Å². The first-order valence-electron chi connectivity index (χ1n) is 19.8. The van der Waals surface area contributed by atoms with Crippen LogP contribution in [-0.2, 0) is 20.2 Å². The number of azo groups is 4. The van der Waals surface area contributed by atoms with Crippen molar-refractivity contribution in [1.82, 2.24) is 0 Å². The third kappa shape index (κ3) is 10.7. The quantitative estimate of drug-likeness (QED) is 0.0402. The molecule has 0 fully saturated rings. The second-order valence-electron chi connectivity index (χ2n) is 14.7. The van der Waals surface area contributed by atoms with Gasteiger partial charge in [-0.15, -0.1) is 20.5 Å². The van der Waals surface area contributed by atoms with Crippen LogP contribution in [0, 0.1) is 0 Å². The van der Waals surface area contributed by atoms with E-state index >= 15 is 0 Å². The zero-order valence-corrected chi connectivity index (χ0v) is 36.8. The summed E-state index contributed by atoms with van der Waals surface area (Å²) < 4.78 is 70.4. The summed E-state index contributed by atoms with van der Waals surface area (Å²) in [6.07, 6.45) is 0. The van der Waals surface area contributed by atoms with Gasteiger partial charge in [-0.25, -0.2) is 4.79 Å². The largest absolute Gasteiger partial charge is 0.508 e. The monoisotopic (exact) mass is 984 g/mol. The maximum Gasteiger partial charge on any atom is 0.323 e. The van der Waals surface area contributed by atoms with Gasteiger partial charge in [0.2, 0.25) is 0 Å². The number of rotatable bonds is 12. The Balaban J connectivity index is 1.00. The van der Waals surface area contributed by atoms with Crippen molar-refractivity contribution in [2.75, 3.05) is 10.6 Å². The smallest absolute Gasteiger partial charge is 0.323 e. The molecule has 0 atom stereocenters. The summed E-state index contributed by atoms with van der Waals surface area (Å²) in [6, 6.07) is 28.5. The third-order valence-corrected chi connectivity index (χ3v) is 11.6. The van der Waals surface area contributed by atoms with Gasteiger partial charge in [0.1, 0.15) is 55.5 Å². The Morgan fingerprint density at radius 2 is 0.786 bits per heavy atom. The Morgan fingerprint density at radius 3 is 1.14 bits per heavy atom. The normalized spacial score (nSPS) is 12.3. The molecule has 0 unspecified atom stereocenters. The number of aromatic hydroxyl groups is 6. The molecule has 0 aliphatic carbocycles. The maximum absolute atomic E-state index is 13.2. The summed E-state index contributed by atoms with van der Waals surface area (Å²) in [5.74, 6) is -2.36. The van der Waals surface area contributed by atoms with E-state index in [2.05, 4.69) is 51.5 Å². The van der Waals surface area contributed by atoms with Crippen molar-refractivity contribution in [3.63, 3.8) is 0 Å². The van der Waals surface area contributed by atoms with Crippen LogP contribution in [0.2, 0.25) is 0 Å². The molecule has 0 aliphatic heterocycles. The van der Waals surface area contributed by atoms with Crippen LogP contribution in [0.15, 0.2) is 184 Å². The number of urea groups is 1. The Hall–Kier alpha value is -9.43. The highest BCUT2D eigenvalue weighted by Crippen LogP contribution is 2.44. The molecular formula is C45H32N10O13S2. The lowest BCUT2D eigenvalue weighted by Crippen LogP contribution is -2.19. The Bertz CT molecular complexity index is 3550. The van der Waals surface area contributed by atoms with Gasteiger partial charge in [-0.3, -0.25) is 9.11 Å². The lowest BCUT2D eigenvalue weighted by atomic mass is 10.1. The van der Waals surface area contributed by atoms with E-state index < -0.39 is 58.9 Å². The van der Waals surface area contributed by atoms with Crippen LogP contribution < -0.4 is 10.6 Å². The average Bonchev–Trinajstić information content (AvgIpc) is 3.30. The molecule has 25 heteroatoms. The van der Waals surface area contributed by atoms with E-state index in [9.17, 15) is 61.4 Å². The predicted octanol–water partition coefficient (Wildman–Crippen LogP) is 12.0.